The van der Waals surface area contributed by atoms with Gasteiger partial charge in [0.25, 0.3) is 0 Å². The molecule has 2 aliphatic carbocycles. The maximum absolute atomic E-state index is 4.07. The van der Waals surface area contributed by atoms with Crippen LogP contribution < -0.4 is 0 Å². The van der Waals surface area contributed by atoms with E-state index in [0.717, 1.165) is 11.8 Å². The molecule has 0 heterocycles. The molecule has 2 atom stereocenters. The summed E-state index contributed by atoms with van der Waals surface area (Å²) in [5, 5.41) is 0. The van der Waals surface area contributed by atoms with Crippen molar-refractivity contribution in [2.45, 2.75) is 111 Å². The Bertz CT molecular complexity index is 232. The second-order valence-corrected chi connectivity index (χ2v) is 8.23. The molecule has 0 aliphatic heterocycles. The Balaban J connectivity index is 0. The molecule has 2 fully saturated rings. The molecule has 0 spiro atoms. The van der Waals surface area contributed by atoms with E-state index < -0.39 is 0 Å². The van der Waals surface area contributed by atoms with Gasteiger partial charge in [0.2, 0.25) is 0 Å². The van der Waals surface area contributed by atoms with Gasteiger partial charge >= 0.3 is 50.5 Å². The Morgan fingerprint density at radius 3 is 1.54 bits per heavy atom. The van der Waals surface area contributed by atoms with Crippen LogP contribution in [0, 0.1) is 31.6 Å². The number of hydrogen-bond donors (Lipinski definition) is 0. The van der Waals surface area contributed by atoms with Crippen LogP contribution in [-0.2, 0) is 20.9 Å². The summed E-state index contributed by atoms with van der Waals surface area (Å²) in [6.45, 7) is 15.9. The maximum Gasteiger partial charge on any atom is -0.0525 e. The molecule has 0 N–H and O–H groups in total. The first-order valence-electron chi connectivity index (χ1n) is 10.1. The zero-order chi connectivity index (χ0) is 18.8. The summed E-state index contributed by atoms with van der Waals surface area (Å²) in [5.74, 6) is 2.03. The molecule has 2 heteroatoms. The summed E-state index contributed by atoms with van der Waals surface area (Å²) in [6, 6.07) is 0. The number of rotatable bonds is 2. The van der Waals surface area contributed by atoms with Crippen molar-refractivity contribution >= 4 is 0 Å². The monoisotopic (exact) mass is 415 g/mol. The largest absolute Gasteiger partial charge is 0.346 e. The Morgan fingerprint density at radius 2 is 1.33 bits per heavy atom. The fraction of sp³-hybridized carbons (Fsp3) is 0.864. The van der Waals surface area contributed by atoms with E-state index in [9.17, 15) is 0 Å². The van der Waals surface area contributed by atoms with Crippen LogP contribution in [-0.4, -0.2) is 5.54 Å². The van der Waals surface area contributed by atoms with Gasteiger partial charge < -0.3 is 19.8 Å². The molecule has 0 saturated heterocycles. The van der Waals surface area contributed by atoms with Crippen molar-refractivity contribution in [3.05, 3.63) is 19.8 Å². The summed E-state index contributed by atoms with van der Waals surface area (Å²) in [7, 11) is 0. The van der Waals surface area contributed by atoms with Crippen LogP contribution in [0.5, 0.6) is 0 Å². The standard InChI is InChI=1S/C10H19.C6H11.C4H9N.C2H5.Nb/c1-3-9-6-5-7-10(4-2)8-9;1-2-4-6-5-3-1;1-4(2,3)5;1-2;/h5,9-10H,3-4,6-8H2,1-2H3;1H,2-6H2;1-3H3;1H2,2H3;/q2*-1;;-1;. The Kier molecular flexibility index (Phi) is 20.4. The third-order valence-electron chi connectivity index (χ3n) is 4.44. The fourth-order valence-electron chi connectivity index (χ4n) is 2.80. The minimum absolute atomic E-state index is 0.189. The van der Waals surface area contributed by atoms with Crippen molar-refractivity contribution in [2.24, 2.45) is 15.2 Å². The first kappa shape index (κ1) is 26.8. The maximum atomic E-state index is 4.07. The van der Waals surface area contributed by atoms with E-state index in [1.54, 1.807) is 6.92 Å². The van der Waals surface area contributed by atoms with Gasteiger partial charge in [0.1, 0.15) is 0 Å². The van der Waals surface area contributed by atoms with Gasteiger partial charge in [-0.3, -0.25) is 0 Å². The van der Waals surface area contributed by atoms with Gasteiger partial charge in [-0.15, -0.1) is 0 Å². The number of hydrogen-bond acceptors (Lipinski definition) is 1. The van der Waals surface area contributed by atoms with Gasteiger partial charge in [-0.2, -0.15) is 32.6 Å². The minimum atomic E-state index is 0.189. The average molecular weight is 416 g/mol. The van der Waals surface area contributed by atoms with Gasteiger partial charge in [0.15, 0.2) is 0 Å². The average Bonchev–Trinajstić information content (AvgIpc) is 2.65. The molecule has 2 rings (SSSR count). The van der Waals surface area contributed by atoms with Gasteiger partial charge in [-0.05, 0) is 0 Å². The first-order valence-corrected chi connectivity index (χ1v) is 11.1. The van der Waals surface area contributed by atoms with Crippen LogP contribution in [0.2, 0.25) is 0 Å². The van der Waals surface area contributed by atoms with Crippen molar-refractivity contribution in [3.8, 4) is 0 Å². The zero-order valence-electron chi connectivity index (χ0n) is 17.5. The fourth-order valence-corrected chi connectivity index (χ4v) is 2.80. The number of nitrogens with zero attached hydrogens (tertiary/aromatic N) is 1. The quantitative estimate of drug-likeness (QED) is 0.321. The molecular formula is C22H44NNb-3. The van der Waals surface area contributed by atoms with Gasteiger partial charge in [0.05, 0.1) is 0 Å². The van der Waals surface area contributed by atoms with E-state index in [1.807, 2.05) is 0 Å². The molecule has 0 aromatic rings. The smallest absolute Gasteiger partial charge is 0.0525 e. The molecule has 2 saturated carbocycles. The SMILES string of the molecule is CC(C)(C)[N]=[Nb].CCC1C[CH-]CC(CC)C1.[CH-]1CCCCC1.[CH2-]C. The summed E-state index contributed by atoms with van der Waals surface area (Å²) in [5.41, 5.74) is 0.189. The van der Waals surface area contributed by atoms with Crippen LogP contribution in [0.4, 0.5) is 0 Å². The van der Waals surface area contributed by atoms with E-state index in [4.69, 9.17) is 0 Å². The molecule has 0 radical (unpaired) electrons. The van der Waals surface area contributed by atoms with Gasteiger partial charge in [0, 0.05) is 0 Å². The van der Waals surface area contributed by atoms with Crippen LogP contribution in [0.15, 0.2) is 3.34 Å². The van der Waals surface area contributed by atoms with Gasteiger partial charge in [-0.1, -0.05) is 64.2 Å². The Morgan fingerprint density at radius 1 is 0.917 bits per heavy atom. The van der Waals surface area contributed by atoms with Crippen molar-refractivity contribution in [1.29, 1.82) is 0 Å². The summed E-state index contributed by atoms with van der Waals surface area (Å²) < 4.78 is 4.07. The Labute approximate surface area is 166 Å². The van der Waals surface area contributed by atoms with E-state index in [1.165, 1.54) is 85.1 Å². The molecule has 0 aromatic carbocycles. The molecule has 0 amide bonds. The van der Waals surface area contributed by atoms with Crippen LogP contribution >= 0.6 is 0 Å². The van der Waals surface area contributed by atoms with E-state index in [0.29, 0.717) is 0 Å². The summed E-state index contributed by atoms with van der Waals surface area (Å²) in [6.07, 6.45) is 19.0. The molecule has 0 bridgehead atoms. The van der Waals surface area contributed by atoms with Crippen molar-refractivity contribution in [1.82, 2.24) is 0 Å². The molecule has 24 heavy (non-hydrogen) atoms. The third kappa shape index (κ3) is 18.9. The van der Waals surface area contributed by atoms with E-state index in [-0.39, 0.29) is 5.54 Å². The van der Waals surface area contributed by atoms with Crippen molar-refractivity contribution in [3.63, 3.8) is 0 Å². The predicted molar refractivity (Wildman–Crippen MR) is 106 cm³/mol. The summed E-state index contributed by atoms with van der Waals surface area (Å²) >= 11 is 1.52. The zero-order valence-corrected chi connectivity index (χ0v) is 19.7. The molecular weight excluding hydrogens is 371 g/mol. The van der Waals surface area contributed by atoms with Crippen molar-refractivity contribution < 1.29 is 20.9 Å². The predicted octanol–water partition coefficient (Wildman–Crippen LogP) is 7.94. The normalized spacial score (nSPS) is 23.2. The minimum Gasteiger partial charge on any atom is -0.346 e. The molecule has 2 unspecified atom stereocenters. The van der Waals surface area contributed by atoms with Crippen LogP contribution in [0.25, 0.3) is 0 Å². The first-order chi connectivity index (χ1) is 11.4. The molecule has 1 nitrogen and oxygen atoms in total. The van der Waals surface area contributed by atoms with E-state index in [2.05, 4.69) is 57.7 Å². The Hall–Kier alpha value is 0.540. The van der Waals surface area contributed by atoms with Crippen LogP contribution in [0.3, 0.4) is 0 Å². The third-order valence-corrected chi connectivity index (χ3v) is 5.91. The summed E-state index contributed by atoms with van der Waals surface area (Å²) in [4.78, 5) is 0. The second kappa shape index (κ2) is 18.3. The molecule has 145 valence electrons. The van der Waals surface area contributed by atoms with Gasteiger partial charge in [-0.25, -0.2) is 0 Å². The topological polar surface area (TPSA) is 12.4 Å². The van der Waals surface area contributed by atoms with Crippen molar-refractivity contribution in [2.75, 3.05) is 0 Å². The molecule has 2 aliphatic rings. The molecule has 0 aromatic heterocycles. The van der Waals surface area contributed by atoms with E-state index >= 15 is 0 Å². The van der Waals surface area contributed by atoms with Crippen LogP contribution in [0.1, 0.15) is 106 Å². The second-order valence-electron chi connectivity index (χ2n) is 7.74.